The smallest absolute Gasteiger partial charge is 0.244 e. The SMILES string of the molecule is Cn1cc(-c2nc(Cl)nc3c2ccn3S(=O)(=O)Cc2ccccc2)c2ccccc21. The highest BCUT2D eigenvalue weighted by Gasteiger charge is 2.22. The minimum absolute atomic E-state index is 0.000273. The number of nitrogens with zero attached hydrogens (tertiary/aromatic N) is 4. The maximum Gasteiger partial charge on any atom is 0.244 e. The number of halogens is 1. The highest BCUT2D eigenvalue weighted by molar-refractivity contribution is 7.89. The van der Waals surface area contributed by atoms with Gasteiger partial charge in [0.2, 0.25) is 15.3 Å². The molecule has 0 saturated heterocycles. The van der Waals surface area contributed by atoms with E-state index in [0.717, 1.165) is 16.5 Å². The second-order valence-corrected chi connectivity index (χ2v) is 9.29. The van der Waals surface area contributed by atoms with Crippen molar-refractivity contribution in [2.75, 3.05) is 0 Å². The highest BCUT2D eigenvalue weighted by atomic mass is 35.5. The first kappa shape index (κ1) is 18.8. The van der Waals surface area contributed by atoms with Crippen LogP contribution in [0.1, 0.15) is 5.56 Å². The minimum atomic E-state index is -3.69. The van der Waals surface area contributed by atoms with Crippen molar-refractivity contribution < 1.29 is 8.42 Å². The topological polar surface area (TPSA) is 69.8 Å². The molecule has 2 aromatic carbocycles. The lowest BCUT2D eigenvalue weighted by atomic mass is 10.1. The number of rotatable bonds is 4. The first-order chi connectivity index (χ1) is 14.4. The molecule has 5 aromatic rings. The van der Waals surface area contributed by atoms with E-state index < -0.39 is 10.0 Å². The fourth-order valence-electron chi connectivity index (χ4n) is 3.78. The Labute approximate surface area is 178 Å². The molecule has 0 fully saturated rings. The van der Waals surface area contributed by atoms with Crippen molar-refractivity contribution >= 4 is 43.6 Å². The summed E-state index contributed by atoms with van der Waals surface area (Å²) in [6.07, 6.45) is 3.49. The number of aryl methyl sites for hydroxylation is 1. The van der Waals surface area contributed by atoms with Crippen LogP contribution in [-0.4, -0.2) is 26.9 Å². The van der Waals surface area contributed by atoms with E-state index in [1.165, 1.54) is 10.2 Å². The monoisotopic (exact) mass is 436 g/mol. The third-order valence-corrected chi connectivity index (χ3v) is 6.89. The number of para-hydroxylation sites is 1. The van der Waals surface area contributed by atoms with Crippen molar-refractivity contribution in [1.82, 2.24) is 18.5 Å². The molecule has 0 amide bonds. The van der Waals surface area contributed by atoms with E-state index in [1.807, 2.05) is 60.3 Å². The molecule has 0 aliphatic carbocycles. The van der Waals surface area contributed by atoms with E-state index in [9.17, 15) is 8.42 Å². The molecule has 0 radical (unpaired) electrons. The standard InChI is InChI=1S/C22H17ClN4O2S/c1-26-13-18(16-9-5-6-10-19(16)26)20-17-11-12-27(21(17)25-22(23)24-20)30(28,29)14-15-7-3-2-4-8-15/h2-13H,14H2,1H3. The van der Waals surface area contributed by atoms with Crippen molar-refractivity contribution in [3.05, 3.63) is 83.9 Å². The molecule has 0 atom stereocenters. The van der Waals surface area contributed by atoms with Gasteiger partial charge in [-0.2, -0.15) is 4.98 Å². The van der Waals surface area contributed by atoms with Gasteiger partial charge in [0.1, 0.15) is 0 Å². The van der Waals surface area contributed by atoms with E-state index in [1.54, 1.807) is 18.2 Å². The molecule has 150 valence electrons. The molecular weight excluding hydrogens is 420 g/mol. The van der Waals surface area contributed by atoms with Crippen molar-refractivity contribution in [2.45, 2.75) is 5.75 Å². The molecule has 0 bridgehead atoms. The molecule has 0 unspecified atom stereocenters. The lowest BCUT2D eigenvalue weighted by Gasteiger charge is -2.08. The van der Waals surface area contributed by atoms with Crippen LogP contribution in [0.4, 0.5) is 0 Å². The molecule has 0 aliphatic rings. The van der Waals surface area contributed by atoms with Crippen LogP contribution < -0.4 is 0 Å². The van der Waals surface area contributed by atoms with E-state index in [0.29, 0.717) is 16.6 Å². The van der Waals surface area contributed by atoms with Gasteiger partial charge in [-0.3, -0.25) is 0 Å². The van der Waals surface area contributed by atoms with Crippen LogP contribution in [0.15, 0.2) is 73.1 Å². The van der Waals surface area contributed by atoms with Crippen LogP contribution in [0.2, 0.25) is 5.28 Å². The van der Waals surface area contributed by atoms with Gasteiger partial charge in [0.15, 0.2) is 5.65 Å². The largest absolute Gasteiger partial charge is 0.350 e. The van der Waals surface area contributed by atoms with Gasteiger partial charge in [-0.15, -0.1) is 0 Å². The quantitative estimate of drug-likeness (QED) is 0.385. The molecule has 0 spiro atoms. The first-order valence-electron chi connectivity index (χ1n) is 9.30. The maximum atomic E-state index is 13.1. The Kier molecular flexibility index (Phi) is 4.38. The normalized spacial score (nSPS) is 12.1. The lowest BCUT2D eigenvalue weighted by Crippen LogP contribution is -2.14. The Bertz CT molecular complexity index is 1500. The van der Waals surface area contributed by atoms with Crippen LogP contribution in [0, 0.1) is 0 Å². The van der Waals surface area contributed by atoms with Gasteiger partial charge in [0.05, 0.1) is 11.4 Å². The zero-order valence-corrected chi connectivity index (χ0v) is 17.6. The molecule has 0 saturated carbocycles. The molecular formula is C22H17ClN4O2S. The summed E-state index contributed by atoms with van der Waals surface area (Å²) in [7, 11) is -1.73. The highest BCUT2D eigenvalue weighted by Crippen LogP contribution is 2.34. The Morgan fingerprint density at radius 3 is 2.47 bits per heavy atom. The summed E-state index contributed by atoms with van der Waals surface area (Å²) in [5, 5.41) is 1.64. The lowest BCUT2D eigenvalue weighted by molar-refractivity contribution is 0.588. The predicted octanol–water partition coefficient (Wildman–Crippen LogP) is 4.62. The van der Waals surface area contributed by atoms with Crippen molar-refractivity contribution in [3.63, 3.8) is 0 Å². The van der Waals surface area contributed by atoms with Crippen LogP contribution in [0.5, 0.6) is 0 Å². The van der Waals surface area contributed by atoms with Crippen LogP contribution in [-0.2, 0) is 22.8 Å². The summed E-state index contributed by atoms with van der Waals surface area (Å²) >= 11 is 6.23. The third-order valence-electron chi connectivity index (χ3n) is 5.13. The average Bonchev–Trinajstić information content (AvgIpc) is 3.30. The Hall–Kier alpha value is -3.16. The summed E-state index contributed by atoms with van der Waals surface area (Å²) in [6, 6.07) is 18.7. The van der Waals surface area contributed by atoms with Gasteiger partial charge in [-0.25, -0.2) is 17.4 Å². The van der Waals surface area contributed by atoms with E-state index in [-0.39, 0.29) is 16.7 Å². The molecule has 0 aliphatic heterocycles. The minimum Gasteiger partial charge on any atom is -0.350 e. The van der Waals surface area contributed by atoms with E-state index >= 15 is 0 Å². The van der Waals surface area contributed by atoms with E-state index in [4.69, 9.17) is 11.6 Å². The van der Waals surface area contributed by atoms with Gasteiger partial charge in [-0.05, 0) is 29.3 Å². The second-order valence-electron chi connectivity index (χ2n) is 7.10. The second kappa shape index (κ2) is 6.97. The molecule has 3 aromatic heterocycles. The maximum absolute atomic E-state index is 13.1. The van der Waals surface area contributed by atoms with Crippen LogP contribution in [0.3, 0.4) is 0 Å². The van der Waals surface area contributed by atoms with Gasteiger partial charge >= 0.3 is 0 Å². The summed E-state index contributed by atoms with van der Waals surface area (Å²) in [4.78, 5) is 8.70. The van der Waals surface area contributed by atoms with Crippen LogP contribution in [0.25, 0.3) is 33.2 Å². The van der Waals surface area contributed by atoms with Gasteiger partial charge < -0.3 is 4.57 Å². The van der Waals surface area contributed by atoms with Gasteiger partial charge in [0.25, 0.3) is 0 Å². The number of fused-ring (bicyclic) bond motifs is 2. The molecule has 30 heavy (non-hydrogen) atoms. The molecule has 6 nitrogen and oxygen atoms in total. The molecule has 3 heterocycles. The Balaban J connectivity index is 1.71. The first-order valence-corrected chi connectivity index (χ1v) is 11.3. The molecule has 0 N–H and O–H groups in total. The molecule has 5 rings (SSSR count). The summed E-state index contributed by atoms with van der Waals surface area (Å²) < 4.78 is 29.4. The summed E-state index contributed by atoms with van der Waals surface area (Å²) in [6.45, 7) is 0. The number of aromatic nitrogens is 4. The predicted molar refractivity (Wildman–Crippen MR) is 119 cm³/mol. The third kappa shape index (κ3) is 3.07. The van der Waals surface area contributed by atoms with Crippen molar-refractivity contribution in [3.8, 4) is 11.3 Å². The summed E-state index contributed by atoms with van der Waals surface area (Å²) in [5.74, 6) is -0.136. The Morgan fingerprint density at radius 1 is 0.933 bits per heavy atom. The number of benzene rings is 2. The van der Waals surface area contributed by atoms with Gasteiger partial charge in [-0.1, -0.05) is 48.5 Å². The Morgan fingerprint density at radius 2 is 1.67 bits per heavy atom. The summed E-state index contributed by atoms with van der Waals surface area (Å²) in [5.41, 5.74) is 3.50. The van der Waals surface area contributed by atoms with Gasteiger partial charge in [0, 0.05) is 41.3 Å². The van der Waals surface area contributed by atoms with Crippen molar-refractivity contribution in [1.29, 1.82) is 0 Å². The zero-order chi connectivity index (χ0) is 20.9. The average molecular weight is 437 g/mol. The zero-order valence-electron chi connectivity index (χ0n) is 16.0. The van der Waals surface area contributed by atoms with Crippen molar-refractivity contribution in [2.24, 2.45) is 7.05 Å². The van der Waals surface area contributed by atoms with Crippen LogP contribution >= 0.6 is 11.6 Å². The number of hydrogen-bond donors (Lipinski definition) is 0. The molecule has 8 heteroatoms. The number of hydrogen-bond acceptors (Lipinski definition) is 4. The fourth-order valence-corrected chi connectivity index (χ4v) is 5.35. The fraction of sp³-hybridized carbons (Fsp3) is 0.0909. The van der Waals surface area contributed by atoms with E-state index in [2.05, 4.69) is 9.97 Å².